The normalized spacial score (nSPS) is 14.6. The summed E-state index contributed by atoms with van der Waals surface area (Å²) in [7, 11) is 0. The number of nitrogens with zero attached hydrogens (tertiary/aromatic N) is 2. The number of hydrogen-bond donors (Lipinski definition) is 0. The van der Waals surface area contributed by atoms with Crippen molar-refractivity contribution in [3.63, 3.8) is 0 Å². The van der Waals surface area contributed by atoms with Gasteiger partial charge < -0.3 is 9.71 Å². The highest BCUT2D eigenvalue weighted by Gasteiger charge is 2.50. The highest BCUT2D eigenvalue weighted by Crippen LogP contribution is 2.55. The number of benzene rings is 8. The van der Waals surface area contributed by atoms with Crippen LogP contribution in [0.1, 0.15) is 104 Å². The molecule has 0 amide bonds. The third-order valence-corrected chi connectivity index (χ3v) is 14.9. The zero-order chi connectivity index (χ0) is 46.1. The molecule has 0 radical (unpaired) electrons. The molecule has 11 rings (SSSR count). The van der Waals surface area contributed by atoms with E-state index in [2.05, 4.69) is 256 Å². The number of fused-ring (bicyclic) bond motifs is 8. The maximum atomic E-state index is 2.71. The Morgan fingerprint density at radius 1 is 0.379 bits per heavy atom. The van der Waals surface area contributed by atoms with Crippen LogP contribution in [0.3, 0.4) is 0 Å². The van der Waals surface area contributed by atoms with Crippen molar-refractivity contribution in [1.82, 2.24) is 0 Å². The lowest BCUT2D eigenvalue weighted by Crippen LogP contribution is -2.63. The van der Waals surface area contributed by atoms with Crippen LogP contribution in [0.5, 0.6) is 0 Å². The minimum atomic E-state index is -0.263. The van der Waals surface area contributed by atoms with E-state index in [1.54, 1.807) is 0 Å². The van der Waals surface area contributed by atoms with Crippen molar-refractivity contribution in [3.8, 4) is 44.5 Å². The number of anilines is 5. The molecule has 8 aromatic rings. The van der Waals surface area contributed by atoms with Gasteiger partial charge >= 0.3 is 6.85 Å². The molecule has 0 N–H and O–H groups in total. The van der Waals surface area contributed by atoms with E-state index in [0.717, 1.165) is 0 Å². The monoisotopic (exact) mass is 856 g/mol. The first-order chi connectivity index (χ1) is 31.4. The summed E-state index contributed by atoms with van der Waals surface area (Å²) < 4.78 is 0. The van der Waals surface area contributed by atoms with E-state index >= 15 is 0 Å². The summed E-state index contributed by atoms with van der Waals surface area (Å²) in [6.45, 7) is 25.7. The molecule has 326 valence electrons. The average molecular weight is 857 g/mol. The van der Waals surface area contributed by atoms with Gasteiger partial charge in [-0.2, -0.15) is 0 Å². The molecule has 0 spiro atoms. The van der Waals surface area contributed by atoms with E-state index in [4.69, 9.17) is 0 Å². The van der Waals surface area contributed by atoms with Gasteiger partial charge in [0.15, 0.2) is 0 Å². The van der Waals surface area contributed by atoms with Crippen molar-refractivity contribution in [2.45, 2.75) is 97.8 Å². The molecule has 0 unspecified atom stereocenters. The van der Waals surface area contributed by atoms with Crippen molar-refractivity contribution < 1.29 is 0 Å². The van der Waals surface area contributed by atoms with Crippen molar-refractivity contribution in [2.24, 2.45) is 0 Å². The molecule has 1 aliphatic carbocycles. The zero-order valence-corrected chi connectivity index (χ0v) is 40.6. The van der Waals surface area contributed by atoms with Crippen LogP contribution in [0.2, 0.25) is 0 Å². The standard InChI is InChI=1S/C63H61BN2/c1-60(2,3)43-26-30-46(31-27-43)66-54-34-29-45(62(7,8)9)39-50(54)51-36-42(40-20-14-12-15-21-40)37-56-58(51)64(66)59-55(35-32-48-47-24-18-19-25-52(47)63(10,11)57(48)59)65(56)53-33-28-44(61(4,5)6)38-49(53)41-22-16-13-17-23-41/h12-39H,1-11H3. The Hall–Kier alpha value is -6.58. The van der Waals surface area contributed by atoms with Gasteiger partial charge in [-0.3, -0.25) is 0 Å². The van der Waals surface area contributed by atoms with E-state index in [-0.39, 0.29) is 28.5 Å². The van der Waals surface area contributed by atoms with Crippen molar-refractivity contribution in [2.75, 3.05) is 9.71 Å². The van der Waals surface area contributed by atoms with Gasteiger partial charge in [-0.05, 0) is 143 Å². The van der Waals surface area contributed by atoms with Gasteiger partial charge in [0.25, 0.3) is 0 Å². The summed E-state index contributed by atoms with van der Waals surface area (Å²) in [5, 5.41) is 0. The van der Waals surface area contributed by atoms with E-state index in [0.29, 0.717) is 0 Å². The first-order valence-corrected chi connectivity index (χ1v) is 24.0. The van der Waals surface area contributed by atoms with Gasteiger partial charge in [0.05, 0.1) is 5.69 Å². The maximum Gasteiger partial charge on any atom is 0.333 e. The van der Waals surface area contributed by atoms with Crippen LogP contribution in [0, 0.1) is 0 Å². The van der Waals surface area contributed by atoms with Gasteiger partial charge in [0.1, 0.15) is 0 Å². The molecule has 2 aliphatic heterocycles. The molecule has 2 nitrogen and oxygen atoms in total. The predicted molar refractivity (Wildman–Crippen MR) is 285 cm³/mol. The summed E-state index contributed by atoms with van der Waals surface area (Å²) in [4.78, 5) is 5.36. The average Bonchev–Trinajstić information content (AvgIpc) is 3.54. The van der Waals surface area contributed by atoms with Crippen LogP contribution in [0.15, 0.2) is 170 Å². The van der Waals surface area contributed by atoms with Gasteiger partial charge in [0, 0.05) is 39.3 Å². The lowest BCUT2D eigenvalue weighted by Gasteiger charge is -2.48. The molecule has 2 heterocycles. The Kier molecular flexibility index (Phi) is 9.38. The fraction of sp³-hybridized carbons (Fsp3) is 0.238. The predicted octanol–water partition coefficient (Wildman–Crippen LogP) is 15.9. The Balaban J connectivity index is 1.32. The number of hydrogen-bond acceptors (Lipinski definition) is 2. The molecule has 0 saturated carbocycles. The topological polar surface area (TPSA) is 6.48 Å². The minimum absolute atomic E-state index is 0.0289. The SMILES string of the molecule is CC(C)(C)c1ccc(N2B3c4c(cc(-c5ccccc5)cc4N(c4ccc(C(C)(C)C)cc4-c4ccccc4)c4ccc5c(c43)C(C)(C)c3ccccc3-5)-c3cc(C(C)(C)C)ccc32)cc1. The summed E-state index contributed by atoms with van der Waals surface area (Å²) in [5.41, 5.74) is 25.4. The summed E-state index contributed by atoms with van der Waals surface area (Å²) in [6, 6.07) is 65.2. The van der Waals surface area contributed by atoms with Crippen LogP contribution in [0.25, 0.3) is 44.5 Å². The van der Waals surface area contributed by atoms with Crippen molar-refractivity contribution in [1.29, 1.82) is 0 Å². The minimum Gasteiger partial charge on any atom is -0.376 e. The van der Waals surface area contributed by atoms with Crippen LogP contribution < -0.4 is 20.6 Å². The Morgan fingerprint density at radius 3 is 1.56 bits per heavy atom. The van der Waals surface area contributed by atoms with Crippen LogP contribution in [-0.2, 0) is 21.7 Å². The third kappa shape index (κ3) is 6.52. The van der Waals surface area contributed by atoms with Crippen molar-refractivity contribution >= 4 is 46.2 Å². The fourth-order valence-corrected chi connectivity index (χ4v) is 11.3. The first kappa shape index (κ1) is 42.1. The number of rotatable bonds is 4. The molecule has 0 fully saturated rings. The molecule has 0 atom stereocenters. The Labute approximate surface area is 394 Å². The second kappa shape index (κ2) is 14.7. The van der Waals surface area contributed by atoms with Crippen LogP contribution in [-0.4, -0.2) is 6.85 Å². The third-order valence-electron chi connectivity index (χ3n) is 14.9. The second-order valence-corrected chi connectivity index (χ2v) is 22.6. The molecular formula is C63H61BN2. The van der Waals surface area contributed by atoms with Gasteiger partial charge in [-0.1, -0.05) is 191 Å². The fourth-order valence-electron chi connectivity index (χ4n) is 11.3. The van der Waals surface area contributed by atoms with E-state index < -0.39 is 0 Å². The molecule has 0 bridgehead atoms. The molecule has 66 heavy (non-hydrogen) atoms. The molecule has 3 heteroatoms. The molecule has 8 aromatic carbocycles. The summed E-state index contributed by atoms with van der Waals surface area (Å²) >= 11 is 0. The van der Waals surface area contributed by atoms with E-state index in [9.17, 15) is 0 Å². The van der Waals surface area contributed by atoms with E-state index in [1.807, 2.05) is 0 Å². The first-order valence-electron chi connectivity index (χ1n) is 24.0. The molecular weight excluding hydrogens is 796 g/mol. The molecule has 0 saturated heterocycles. The van der Waals surface area contributed by atoms with Gasteiger partial charge in [-0.25, -0.2) is 0 Å². The highest BCUT2D eigenvalue weighted by atomic mass is 15.2. The lowest BCUT2D eigenvalue weighted by atomic mass is 9.41. The smallest absolute Gasteiger partial charge is 0.333 e. The summed E-state index contributed by atoms with van der Waals surface area (Å²) in [5.74, 6) is 0. The zero-order valence-electron chi connectivity index (χ0n) is 40.6. The van der Waals surface area contributed by atoms with Gasteiger partial charge in [0.2, 0.25) is 0 Å². The highest BCUT2D eigenvalue weighted by molar-refractivity contribution is 6.94. The van der Waals surface area contributed by atoms with Gasteiger partial charge in [-0.15, -0.1) is 0 Å². The molecule has 3 aliphatic rings. The van der Waals surface area contributed by atoms with E-state index in [1.165, 1.54) is 112 Å². The largest absolute Gasteiger partial charge is 0.376 e. The second-order valence-electron chi connectivity index (χ2n) is 22.6. The molecule has 0 aromatic heterocycles. The van der Waals surface area contributed by atoms with Crippen molar-refractivity contribution in [3.05, 3.63) is 198 Å². The van der Waals surface area contributed by atoms with Crippen LogP contribution in [0.4, 0.5) is 28.4 Å². The lowest BCUT2D eigenvalue weighted by molar-refractivity contribution is 0.590. The Bertz CT molecular complexity index is 3210. The summed E-state index contributed by atoms with van der Waals surface area (Å²) in [6.07, 6.45) is 0. The quantitative estimate of drug-likeness (QED) is 0.163. The maximum absolute atomic E-state index is 2.71. The van der Waals surface area contributed by atoms with Crippen LogP contribution >= 0.6 is 0 Å². The Morgan fingerprint density at radius 2 is 0.924 bits per heavy atom.